The van der Waals surface area contributed by atoms with E-state index < -0.39 is 0 Å². The summed E-state index contributed by atoms with van der Waals surface area (Å²) in [6, 6.07) is 2.21. The molecule has 2 unspecified atom stereocenters. The number of aromatic nitrogens is 1. The van der Waals surface area contributed by atoms with E-state index in [4.69, 9.17) is 5.73 Å². The van der Waals surface area contributed by atoms with Crippen LogP contribution in [-0.2, 0) is 0 Å². The number of hydrogen-bond acceptors (Lipinski definition) is 3. The summed E-state index contributed by atoms with van der Waals surface area (Å²) in [6.07, 6.45) is 8.68. The summed E-state index contributed by atoms with van der Waals surface area (Å²) in [7, 11) is 0. The summed E-state index contributed by atoms with van der Waals surface area (Å²) in [5, 5.41) is 12.5. The molecule has 2 saturated carbocycles. The van der Waals surface area contributed by atoms with Gasteiger partial charge in [0.25, 0.3) is 5.91 Å². The van der Waals surface area contributed by atoms with Crippen LogP contribution in [0.25, 0.3) is 0 Å². The van der Waals surface area contributed by atoms with E-state index in [1.807, 2.05) is 10.8 Å². The number of rotatable bonds is 5. The zero-order chi connectivity index (χ0) is 14.8. The molecule has 0 radical (unpaired) electrons. The van der Waals surface area contributed by atoms with Gasteiger partial charge in [-0.25, -0.2) is 0 Å². The predicted molar refractivity (Wildman–Crippen MR) is 82.0 cm³/mol. The zero-order valence-corrected chi connectivity index (χ0v) is 12.4. The molecule has 0 aromatic carbocycles. The van der Waals surface area contributed by atoms with Crippen molar-refractivity contribution in [3.8, 4) is 0 Å². The van der Waals surface area contributed by atoms with Crippen LogP contribution in [0.3, 0.4) is 0 Å². The number of carbonyl (C=O) groups is 1. The molecule has 0 spiro atoms. The molecule has 0 saturated heterocycles. The minimum atomic E-state index is -0.0409. The van der Waals surface area contributed by atoms with Gasteiger partial charge in [-0.15, -0.1) is 0 Å². The fraction of sp³-hybridized carbons (Fsp3) is 0.688. The van der Waals surface area contributed by atoms with Crippen molar-refractivity contribution in [2.75, 3.05) is 18.9 Å². The van der Waals surface area contributed by atoms with E-state index in [1.54, 1.807) is 6.07 Å². The fourth-order valence-electron chi connectivity index (χ4n) is 3.45. The number of carbonyl (C=O) groups excluding carboxylic acids is 1. The first-order chi connectivity index (χ1) is 10.2. The van der Waals surface area contributed by atoms with Crippen LogP contribution in [0.4, 0.5) is 5.69 Å². The van der Waals surface area contributed by atoms with E-state index in [0.29, 0.717) is 35.8 Å². The molecule has 2 fully saturated rings. The highest BCUT2D eigenvalue weighted by atomic mass is 16.3. The average Bonchev–Trinajstić information content (AvgIpc) is 3.27. The molecule has 2 aliphatic carbocycles. The second-order valence-corrected chi connectivity index (χ2v) is 6.49. The monoisotopic (exact) mass is 291 g/mol. The zero-order valence-electron chi connectivity index (χ0n) is 12.4. The van der Waals surface area contributed by atoms with Crippen LogP contribution in [0.1, 0.15) is 55.1 Å². The number of aliphatic hydroxyl groups excluding tert-OH is 1. The second kappa shape index (κ2) is 6.10. The number of nitrogens with one attached hydrogen (secondary N) is 1. The van der Waals surface area contributed by atoms with Crippen molar-refractivity contribution in [2.45, 2.75) is 44.6 Å². The molecule has 1 amide bonds. The Labute approximate surface area is 125 Å². The summed E-state index contributed by atoms with van der Waals surface area (Å²) in [4.78, 5) is 12.4. The molecule has 0 aliphatic heterocycles. The lowest BCUT2D eigenvalue weighted by atomic mass is 9.79. The predicted octanol–water partition coefficient (Wildman–Crippen LogP) is 1.93. The Kier molecular flexibility index (Phi) is 4.19. The summed E-state index contributed by atoms with van der Waals surface area (Å²) in [6.45, 7) is 0.881. The van der Waals surface area contributed by atoms with Crippen LogP contribution >= 0.6 is 0 Å². The van der Waals surface area contributed by atoms with Crippen LogP contribution in [0.2, 0.25) is 0 Å². The highest BCUT2D eigenvalue weighted by Crippen LogP contribution is 2.37. The Morgan fingerprint density at radius 2 is 2.00 bits per heavy atom. The lowest BCUT2D eigenvalue weighted by Gasteiger charge is -2.30. The molecule has 1 aromatic rings. The minimum Gasteiger partial charge on any atom is -0.397 e. The number of aliphatic hydroxyl groups is 1. The van der Waals surface area contributed by atoms with Crippen LogP contribution in [0.5, 0.6) is 0 Å². The Balaban J connectivity index is 1.61. The van der Waals surface area contributed by atoms with Crippen molar-refractivity contribution in [2.24, 2.45) is 11.8 Å². The molecule has 1 heterocycles. The number of nitrogens with two attached hydrogens (primary N) is 1. The SMILES string of the molecule is Nc1cc(C(=O)NCC2CCCCC2CO)n(C2CC2)c1. The molecular formula is C16H25N3O2. The van der Waals surface area contributed by atoms with E-state index in [0.717, 1.165) is 25.7 Å². The van der Waals surface area contributed by atoms with Crippen LogP contribution in [0.15, 0.2) is 12.3 Å². The van der Waals surface area contributed by atoms with E-state index in [1.165, 1.54) is 12.8 Å². The third kappa shape index (κ3) is 3.23. The van der Waals surface area contributed by atoms with Crippen molar-refractivity contribution in [3.05, 3.63) is 18.0 Å². The Morgan fingerprint density at radius 3 is 2.67 bits per heavy atom. The first-order valence-corrected chi connectivity index (χ1v) is 8.05. The van der Waals surface area contributed by atoms with Crippen molar-refractivity contribution < 1.29 is 9.90 Å². The molecule has 5 nitrogen and oxygen atoms in total. The maximum absolute atomic E-state index is 12.4. The van der Waals surface area contributed by atoms with Crippen molar-refractivity contribution in [3.63, 3.8) is 0 Å². The number of amides is 1. The van der Waals surface area contributed by atoms with Gasteiger partial charge in [0.05, 0.1) is 5.69 Å². The van der Waals surface area contributed by atoms with Gasteiger partial charge in [0.15, 0.2) is 0 Å². The third-order valence-electron chi connectivity index (χ3n) is 4.87. The molecule has 2 aliphatic rings. The van der Waals surface area contributed by atoms with Crippen LogP contribution in [0, 0.1) is 11.8 Å². The minimum absolute atomic E-state index is 0.0409. The third-order valence-corrected chi connectivity index (χ3v) is 4.87. The van der Waals surface area contributed by atoms with Crippen molar-refractivity contribution in [1.82, 2.24) is 9.88 Å². The van der Waals surface area contributed by atoms with Gasteiger partial charge in [0.2, 0.25) is 0 Å². The maximum Gasteiger partial charge on any atom is 0.268 e. The van der Waals surface area contributed by atoms with Crippen molar-refractivity contribution in [1.29, 1.82) is 0 Å². The first-order valence-electron chi connectivity index (χ1n) is 8.05. The van der Waals surface area contributed by atoms with Gasteiger partial charge >= 0.3 is 0 Å². The summed E-state index contributed by atoms with van der Waals surface area (Å²) in [5.74, 6) is 0.689. The summed E-state index contributed by atoms with van der Waals surface area (Å²) in [5.41, 5.74) is 7.15. The number of hydrogen-bond donors (Lipinski definition) is 3. The molecule has 116 valence electrons. The standard InChI is InChI=1S/C16H25N3O2/c17-13-7-15(19(9-13)14-5-6-14)16(21)18-8-11-3-1-2-4-12(11)10-20/h7,9,11-12,14,20H,1-6,8,10,17H2,(H,18,21). The Morgan fingerprint density at radius 1 is 1.29 bits per heavy atom. The highest BCUT2D eigenvalue weighted by Gasteiger charge is 2.29. The van der Waals surface area contributed by atoms with Crippen LogP contribution < -0.4 is 11.1 Å². The maximum atomic E-state index is 12.4. The Hall–Kier alpha value is -1.49. The van der Waals surface area contributed by atoms with Gasteiger partial charge in [-0.05, 0) is 43.6 Å². The molecule has 5 heteroatoms. The quantitative estimate of drug-likeness (QED) is 0.775. The van der Waals surface area contributed by atoms with Gasteiger partial charge in [-0.3, -0.25) is 4.79 Å². The molecule has 2 atom stereocenters. The normalized spacial score (nSPS) is 25.8. The lowest BCUT2D eigenvalue weighted by Crippen LogP contribution is -2.36. The molecule has 1 aromatic heterocycles. The topological polar surface area (TPSA) is 80.3 Å². The molecule has 4 N–H and O–H groups in total. The highest BCUT2D eigenvalue weighted by molar-refractivity contribution is 5.93. The molecular weight excluding hydrogens is 266 g/mol. The van der Waals surface area contributed by atoms with Crippen molar-refractivity contribution >= 4 is 11.6 Å². The number of nitrogen functional groups attached to an aromatic ring is 1. The molecule has 3 rings (SSSR count). The van der Waals surface area contributed by atoms with Gasteiger partial charge < -0.3 is 20.7 Å². The average molecular weight is 291 g/mol. The largest absolute Gasteiger partial charge is 0.397 e. The van der Waals surface area contributed by atoms with E-state index in [-0.39, 0.29) is 12.5 Å². The van der Waals surface area contributed by atoms with Gasteiger partial charge in [0, 0.05) is 25.4 Å². The fourth-order valence-corrected chi connectivity index (χ4v) is 3.45. The first kappa shape index (κ1) is 14.4. The molecule has 0 bridgehead atoms. The number of anilines is 1. The lowest BCUT2D eigenvalue weighted by molar-refractivity contribution is 0.0900. The summed E-state index contributed by atoms with van der Waals surface area (Å²) >= 11 is 0. The van der Waals surface area contributed by atoms with Gasteiger partial charge in [0.1, 0.15) is 5.69 Å². The Bertz CT molecular complexity index is 508. The number of nitrogens with zero attached hydrogens (tertiary/aromatic N) is 1. The second-order valence-electron chi connectivity index (χ2n) is 6.49. The summed E-state index contributed by atoms with van der Waals surface area (Å²) < 4.78 is 2.01. The van der Waals surface area contributed by atoms with E-state index in [2.05, 4.69) is 5.32 Å². The van der Waals surface area contributed by atoms with Gasteiger partial charge in [-0.1, -0.05) is 12.8 Å². The van der Waals surface area contributed by atoms with E-state index >= 15 is 0 Å². The molecule has 21 heavy (non-hydrogen) atoms. The van der Waals surface area contributed by atoms with E-state index in [9.17, 15) is 9.90 Å². The smallest absolute Gasteiger partial charge is 0.268 e. The van der Waals surface area contributed by atoms with Gasteiger partial charge in [-0.2, -0.15) is 0 Å². The van der Waals surface area contributed by atoms with Crippen LogP contribution in [-0.4, -0.2) is 28.7 Å².